The van der Waals surface area contributed by atoms with E-state index in [1.165, 1.54) is 0 Å². The molecule has 0 aliphatic rings. The summed E-state index contributed by atoms with van der Waals surface area (Å²) in [5.74, 6) is -0.676. The quantitative estimate of drug-likeness (QED) is 0.379. The van der Waals surface area contributed by atoms with Crippen molar-refractivity contribution in [2.24, 2.45) is 0 Å². The van der Waals surface area contributed by atoms with Gasteiger partial charge in [0.25, 0.3) is 0 Å². The van der Waals surface area contributed by atoms with Crippen LogP contribution in [-0.2, 0) is 9.53 Å². The average Bonchev–Trinajstić information content (AvgIpc) is 2.30. The zero-order chi connectivity index (χ0) is 13.5. The standard InChI is InChI=1S/C13H14N2O2S/c1-3-17-13(16)11(8-14)12(18)15-10-6-4-5-9(2)7-10/h4-7,15,18H,3H2,1-2H3/b12-11+. The molecule has 94 valence electrons. The number of rotatable bonds is 4. The molecule has 0 atom stereocenters. The van der Waals surface area contributed by atoms with Crippen LogP contribution in [-0.4, -0.2) is 12.6 Å². The highest BCUT2D eigenvalue weighted by Crippen LogP contribution is 2.17. The average molecular weight is 262 g/mol. The minimum atomic E-state index is -0.676. The Morgan fingerprint density at radius 2 is 2.28 bits per heavy atom. The van der Waals surface area contributed by atoms with Gasteiger partial charge in [0.05, 0.1) is 11.6 Å². The summed E-state index contributed by atoms with van der Waals surface area (Å²) in [5, 5.41) is 12.0. The van der Waals surface area contributed by atoms with Gasteiger partial charge < -0.3 is 10.1 Å². The third-order valence-corrected chi connectivity index (χ3v) is 2.44. The van der Waals surface area contributed by atoms with Gasteiger partial charge in [-0.3, -0.25) is 0 Å². The summed E-state index contributed by atoms with van der Waals surface area (Å²) in [6.07, 6.45) is 0. The number of esters is 1. The number of nitrogens with zero attached hydrogens (tertiary/aromatic N) is 1. The number of ether oxygens (including phenoxy) is 1. The Balaban J connectivity index is 2.94. The summed E-state index contributed by atoms with van der Waals surface area (Å²) in [7, 11) is 0. The number of nitrogens with one attached hydrogen (secondary N) is 1. The second-order valence-electron chi connectivity index (χ2n) is 3.55. The van der Waals surface area contributed by atoms with E-state index in [9.17, 15) is 4.79 Å². The van der Waals surface area contributed by atoms with Gasteiger partial charge in [-0.15, -0.1) is 12.6 Å². The fourth-order valence-corrected chi connectivity index (χ4v) is 1.59. The molecule has 18 heavy (non-hydrogen) atoms. The second kappa shape index (κ2) is 6.72. The third kappa shape index (κ3) is 3.82. The molecule has 1 aromatic rings. The molecule has 0 aliphatic carbocycles. The van der Waals surface area contributed by atoms with Gasteiger partial charge in [-0.1, -0.05) is 12.1 Å². The lowest BCUT2D eigenvalue weighted by atomic mass is 10.2. The van der Waals surface area contributed by atoms with E-state index in [1.54, 1.807) is 13.0 Å². The van der Waals surface area contributed by atoms with Gasteiger partial charge >= 0.3 is 5.97 Å². The first kappa shape index (κ1) is 14.1. The predicted octanol–water partition coefficient (Wildman–Crippen LogP) is 2.64. The molecule has 0 aliphatic heterocycles. The number of thiol groups is 1. The molecule has 4 nitrogen and oxygen atoms in total. The molecule has 0 amide bonds. The Morgan fingerprint density at radius 3 is 2.83 bits per heavy atom. The Labute approximate surface area is 112 Å². The van der Waals surface area contributed by atoms with E-state index >= 15 is 0 Å². The molecule has 0 saturated carbocycles. The first-order chi connectivity index (χ1) is 8.58. The first-order valence-corrected chi connectivity index (χ1v) is 5.87. The lowest BCUT2D eigenvalue weighted by Gasteiger charge is -2.08. The molecular formula is C13H14N2O2S. The first-order valence-electron chi connectivity index (χ1n) is 5.42. The van der Waals surface area contributed by atoms with Crippen LogP contribution in [0.15, 0.2) is 34.9 Å². The van der Waals surface area contributed by atoms with Crippen molar-refractivity contribution in [1.29, 1.82) is 5.26 Å². The maximum atomic E-state index is 11.5. The van der Waals surface area contributed by atoms with Gasteiger partial charge in [-0.25, -0.2) is 4.79 Å². The summed E-state index contributed by atoms with van der Waals surface area (Å²) >= 11 is 4.13. The Kier molecular flexibility index (Phi) is 5.28. The predicted molar refractivity (Wildman–Crippen MR) is 73.1 cm³/mol. The van der Waals surface area contributed by atoms with Gasteiger partial charge in [-0.2, -0.15) is 5.26 Å². The maximum absolute atomic E-state index is 11.5. The van der Waals surface area contributed by atoms with Crippen LogP contribution < -0.4 is 5.32 Å². The largest absolute Gasteiger partial charge is 0.462 e. The highest BCUT2D eigenvalue weighted by atomic mass is 32.1. The molecule has 0 radical (unpaired) electrons. The van der Waals surface area contributed by atoms with E-state index in [0.29, 0.717) is 0 Å². The fraction of sp³-hybridized carbons (Fsp3) is 0.231. The van der Waals surface area contributed by atoms with E-state index in [-0.39, 0.29) is 17.2 Å². The van der Waals surface area contributed by atoms with E-state index < -0.39 is 5.97 Å². The van der Waals surface area contributed by atoms with Crippen molar-refractivity contribution < 1.29 is 9.53 Å². The van der Waals surface area contributed by atoms with E-state index in [0.717, 1.165) is 11.3 Å². The highest BCUT2D eigenvalue weighted by molar-refractivity contribution is 7.84. The van der Waals surface area contributed by atoms with Crippen LogP contribution in [0.25, 0.3) is 0 Å². The van der Waals surface area contributed by atoms with E-state index in [1.807, 2.05) is 31.2 Å². The van der Waals surface area contributed by atoms with E-state index in [2.05, 4.69) is 17.9 Å². The number of benzene rings is 1. The summed E-state index contributed by atoms with van der Waals surface area (Å²) in [5.41, 5.74) is 1.69. The van der Waals surface area contributed by atoms with Gasteiger partial charge in [-0.05, 0) is 31.5 Å². The molecule has 0 saturated heterocycles. The summed E-state index contributed by atoms with van der Waals surface area (Å²) in [6, 6.07) is 9.31. The van der Waals surface area contributed by atoms with Crippen molar-refractivity contribution in [2.75, 3.05) is 11.9 Å². The van der Waals surface area contributed by atoms with Crippen molar-refractivity contribution in [3.05, 3.63) is 40.4 Å². The fourth-order valence-electron chi connectivity index (χ4n) is 1.32. The van der Waals surface area contributed by atoms with Crippen molar-refractivity contribution in [3.63, 3.8) is 0 Å². The van der Waals surface area contributed by atoms with Crippen LogP contribution in [0.2, 0.25) is 0 Å². The number of nitriles is 1. The monoisotopic (exact) mass is 262 g/mol. The number of aryl methyl sites for hydroxylation is 1. The highest BCUT2D eigenvalue weighted by Gasteiger charge is 2.14. The normalized spacial score (nSPS) is 11.2. The van der Waals surface area contributed by atoms with Crippen molar-refractivity contribution in [2.45, 2.75) is 13.8 Å². The Hall–Kier alpha value is -1.93. The lowest BCUT2D eigenvalue weighted by Crippen LogP contribution is -2.10. The molecule has 0 spiro atoms. The van der Waals surface area contributed by atoms with Crippen LogP contribution in [0.3, 0.4) is 0 Å². The van der Waals surface area contributed by atoms with Crippen LogP contribution in [0, 0.1) is 18.3 Å². The van der Waals surface area contributed by atoms with Crippen molar-refractivity contribution >= 4 is 24.3 Å². The molecule has 0 unspecified atom stereocenters. The summed E-state index contributed by atoms with van der Waals surface area (Å²) in [4.78, 5) is 11.5. The molecule has 0 heterocycles. The molecule has 1 aromatic carbocycles. The molecular weight excluding hydrogens is 248 g/mol. The molecule has 1 rings (SSSR count). The molecule has 5 heteroatoms. The van der Waals surface area contributed by atoms with E-state index in [4.69, 9.17) is 10.00 Å². The van der Waals surface area contributed by atoms with Gasteiger partial charge in [0, 0.05) is 5.69 Å². The van der Waals surface area contributed by atoms with Crippen LogP contribution in [0.5, 0.6) is 0 Å². The Morgan fingerprint density at radius 1 is 1.56 bits per heavy atom. The van der Waals surface area contributed by atoms with Gasteiger partial charge in [0.1, 0.15) is 6.07 Å². The van der Waals surface area contributed by atoms with Crippen molar-refractivity contribution in [1.82, 2.24) is 0 Å². The number of hydrogen-bond acceptors (Lipinski definition) is 5. The van der Waals surface area contributed by atoms with Gasteiger partial charge in [0.15, 0.2) is 5.57 Å². The van der Waals surface area contributed by atoms with Crippen LogP contribution >= 0.6 is 12.6 Å². The zero-order valence-electron chi connectivity index (χ0n) is 10.2. The van der Waals surface area contributed by atoms with Crippen molar-refractivity contribution in [3.8, 4) is 6.07 Å². The summed E-state index contributed by atoms with van der Waals surface area (Å²) in [6.45, 7) is 3.85. The number of carbonyl (C=O) groups is 1. The number of anilines is 1. The zero-order valence-corrected chi connectivity index (χ0v) is 11.1. The maximum Gasteiger partial charge on any atom is 0.351 e. The van der Waals surface area contributed by atoms with Gasteiger partial charge in [0.2, 0.25) is 0 Å². The second-order valence-corrected chi connectivity index (χ2v) is 4.00. The smallest absolute Gasteiger partial charge is 0.351 e. The molecule has 1 N–H and O–H groups in total. The topological polar surface area (TPSA) is 62.1 Å². The third-order valence-electron chi connectivity index (χ3n) is 2.11. The summed E-state index contributed by atoms with van der Waals surface area (Å²) < 4.78 is 4.77. The minimum absolute atomic E-state index is 0.137. The lowest BCUT2D eigenvalue weighted by molar-refractivity contribution is -0.138. The molecule has 0 fully saturated rings. The minimum Gasteiger partial charge on any atom is -0.462 e. The number of hydrogen-bond donors (Lipinski definition) is 2. The number of carbonyl (C=O) groups excluding carboxylic acids is 1. The Bertz CT molecular complexity index is 518. The van der Waals surface area contributed by atoms with Crippen LogP contribution in [0.1, 0.15) is 12.5 Å². The molecule has 0 bridgehead atoms. The molecule has 0 aromatic heterocycles. The SMILES string of the molecule is CCOC(=O)/C(C#N)=C(/S)Nc1cccc(C)c1. The van der Waals surface area contributed by atoms with Crippen LogP contribution in [0.4, 0.5) is 5.69 Å².